The maximum Gasteiger partial charge on any atom is 0.240 e. The number of benzene rings is 2. The first kappa shape index (κ1) is 22.5. The summed E-state index contributed by atoms with van der Waals surface area (Å²) in [5.41, 5.74) is 4.17. The second-order valence-corrected chi connectivity index (χ2v) is 10.0. The summed E-state index contributed by atoms with van der Waals surface area (Å²) in [5, 5.41) is 2.96. The Morgan fingerprint density at radius 1 is 1.07 bits per heavy atom. The van der Waals surface area contributed by atoms with Crippen molar-refractivity contribution in [2.45, 2.75) is 38.5 Å². The molecule has 1 aliphatic rings. The van der Waals surface area contributed by atoms with Gasteiger partial charge in [0.05, 0.1) is 11.4 Å². The Balaban J connectivity index is 1.50. The van der Waals surface area contributed by atoms with Crippen molar-refractivity contribution in [3.8, 4) is 0 Å². The molecule has 0 bridgehead atoms. The van der Waals surface area contributed by atoms with E-state index < -0.39 is 10.0 Å². The molecule has 1 atom stereocenters. The van der Waals surface area contributed by atoms with Gasteiger partial charge in [-0.15, -0.1) is 0 Å². The molecule has 30 heavy (non-hydrogen) atoms. The van der Waals surface area contributed by atoms with Crippen molar-refractivity contribution in [2.24, 2.45) is 5.92 Å². The van der Waals surface area contributed by atoms with E-state index in [1.54, 1.807) is 24.3 Å². The fourth-order valence-corrected chi connectivity index (χ4v) is 4.83. The molecule has 0 spiro atoms. The Kier molecular flexibility index (Phi) is 7.28. The molecule has 3 rings (SSSR count). The Bertz CT molecular complexity index is 987. The Labute approximate surface area is 179 Å². The van der Waals surface area contributed by atoms with Gasteiger partial charge in [-0.1, -0.05) is 23.8 Å². The number of nitrogens with one attached hydrogen (secondary N) is 2. The molecule has 0 aromatic heterocycles. The first-order valence-electron chi connectivity index (χ1n) is 10.4. The van der Waals surface area contributed by atoms with E-state index in [-0.39, 0.29) is 16.7 Å². The topological polar surface area (TPSA) is 78.5 Å². The average Bonchev–Trinajstić information content (AvgIpc) is 2.70. The van der Waals surface area contributed by atoms with Gasteiger partial charge < -0.3 is 5.32 Å². The number of rotatable bonds is 7. The molecule has 2 N–H and O–H groups in total. The van der Waals surface area contributed by atoms with Gasteiger partial charge in [0, 0.05) is 18.8 Å². The molecule has 1 aliphatic heterocycles. The van der Waals surface area contributed by atoms with E-state index in [4.69, 9.17) is 0 Å². The summed E-state index contributed by atoms with van der Waals surface area (Å²) in [5.74, 6) is 0.146. The molecule has 1 heterocycles. The normalized spacial score (nSPS) is 17.6. The van der Waals surface area contributed by atoms with Crippen LogP contribution in [0.4, 0.5) is 5.69 Å². The SMILES string of the molecule is Cc1ccc(S(=O)(=O)NCC2CCCN(CC(=O)Nc3ccc(C)c(C)c3)C2)cc1. The third kappa shape index (κ3) is 6.14. The Hall–Kier alpha value is -2.22. The van der Waals surface area contributed by atoms with Crippen LogP contribution in [0.15, 0.2) is 47.4 Å². The van der Waals surface area contributed by atoms with Gasteiger partial charge in [-0.3, -0.25) is 9.69 Å². The van der Waals surface area contributed by atoms with Crippen LogP contribution in [0.5, 0.6) is 0 Å². The van der Waals surface area contributed by atoms with Crippen molar-refractivity contribution in [1.29, 1.82) is 0 Å². The largest absolute Gasteiger partial charge is 0.325 e. The molecule has 0 radical (unpaired) electrons. The third-order valence-electron chi connectivity index (χ3n) is 5.65. The highest BCUT2D eigenvalue weighted by atomic mass is 32.2. The highest BCUT2D eigenvalue weighted by Gasteiger charge is 2.24. The lowest BCUT2D eigenvalue weighted by Crippen LogP contribution is -2.43. The zero-order valence-electron chi connectivity index (χ0n) is 17.9. The molecular formula is C23H31N3O3S. The van der Waals surface area contributed by atoms with E-state index in [0.717, 1.165) is 36.2 Å². The Morgan fingerprint density at radius 2 is 1.80 bits per heavy atom. The number of hydrogen-bond donors (Lipinski definition) is 2. The summed E-state index contributed by atoms with van der Waals surface area (Å²) >= 11 is 0. The fourth-order valence-electron chi connectivity index (χ4n) is 3.71. The van der Waals surface area contributed by atoms with Crippen molar-refractivity contribution >= 4 is 21.6 Å². The van der Waals surface area contributed by atoms with Crippen molar-refractivity contribution < 1.29 is 13.2 Å². The second kappa shape index (κ2) is 9.73. The van der Waals surface area contributed by atoms with Crippen LogP contribution >= 0.6 is 0 Å². The number of carbonyl (C=O) groups excluding carboxylic acids is 1. The number of likely N-dealkylation sites (tertiary alicyclic amines) is 1. The summed E-state index contributed by atoms with van der Waals surface area (Å²) in [6.45, 7) is 8.24. The molecule has 2 aromatic rings. The molecule has 7 heteroatoms. The summed E-state index contributed by atoms with van der Waals surface area (Å²) in [7, 11) is -3.51. The lowest BCUT2D eigenvalue weighted by molar-refractivity contribution is -0.117. The first-order chi connectivity index (χ1) is 14.2. The molecule has 0 aliphatic carbocycles. The predicted molar refractivity (Wildman–Crippen MR) is 120 cm³/mol. The summed E-state index contributed by atoms with van der Waals surface area (Å²) in [6, 6.07) is 12.7. The molecule has 1 fully saturated rings. The summed E-state index contributed by atoms with van der Waals surface area (Å²) in [6.07, 6.45) is 1.90. The standard InChI is InChI=1S/C23H31N3O3S/c1-17-6-10-22(11-7-17)30(28,29)24-14-20-5-4-12-26(15-20)16-23(27)25-21-9-8-18(2)19(3)13-21/h6-11,13,20,24H,4-5,12,14-16H2,1-3H3,(H,25,27). The summed E-state index contributed by atoms with van der Waals surface area (Å²) in [4.78, 5) is 14.8. The van der Waals surface area contributed by atoms with Crippen molar-refractivity contribution in [2.75, 3.05) is 31.5 Å². The van der Waals surface area contributed by atoms with Gasteiger partial charge in [0.15, 0.2) is 0 Å². The van der Waals surface area contributed by atoms with E-state index in [0.29, 0.717) is 19.6 Å². The van der Waals surface area contributed by atoms with E-state index in [1.165, 1.54) is 5.56 Å². The monoisotopic (exact) mass is 429 g/mol. The second-order valence-electron chi connectivity index (χ2n) is 8.26. The van der Waals surface area contributed by atoms with Crippen molar-refractivity contribution in [1.82, 2.24) is 9.62 Å². The maximum atomic E-state index is 12.5. The van der Waals surface area contributed by atoms with Crippen LogP contribution < -0.4 is 10.0 Å². The van der Waals surface area contributed by atoms with Crippen molar-refractivity contribution in [3.63, 3.8) is 0 Å². The number of aryl methyl sites for hydroxylation is 3. The van der Waals surface area contributed by atoms with Gasteiger partial charge in [-0.2, -0.15) is 0 Å². The van der Waals surface area contributed by atoms with E-state index in [9.17, 15) is 13.2 Å². The molecular weight excluding hydrogens is 398 g/mol. The minimum Gasteiger partial charge on any atom is -0.325 e. The minimum absolute atomic E-state index is 0.0425. The predicted octanol–water partition coefficient (Wildman–Crippen LogP) is 3.24. The van der Waals surface area contributed by atoms with Gasteiger partial charge in [-0.05, 0) is 81.5 Å². The van der Waals surface area contributed by atoms with Gasteiger partial charge in [0.25, 0.3) is 0 Å². The molecule has 0 saturated carbocycles. The molecule has 162 valence electrons. The smallest absolute Gasteiger partial charge is 0.240 e. The van der Waals surface area contributed by atoms with Gasteiger partial charge >= 0.3 is 0 Å². The van der Waals surface area contributed by atoms with E-state index in [1.807, 2.05) is 39.0 Å². The third-order valence-corrected chi connectivity index (χ3v) is 7.09. The van der Waals surface area contributed by atoms with E-state index >= 15 is 0 Å². The first-order valence-corrected chi connectivity index (χ1v) is 11.9. The number of sulfonamides is 1. The number of nitrogens with zero attached hydrogens (tertiary/aromatic N) is 1. The summed E-state index contributed by atoms with van der Waals surface area (Å²) < 4.78 is 27.8. The molecule has 6 nitrogen and oxygen atoms in total. The van der Waals surface area contributed by atoms with Crippen LogP contribution in [0.25, 0.3) is 0 Å². The van der Waals surface area contributed by atoms with Gasteiger partial charge in [-0.25, -0.2) is 13.1 Å². The number of anilines is 1. The number of piperidine rings is 1. The highest BCUT2D eigenvalue weighted by Crippen LogP contribution is 2.18. The van der Waals surface area contributed by atoms with Crippen LogP contribution in [-0.2, 0) is 14.8 Å². The van der Waals surface area contributed by atoms with E-state index in [2.05, 4.69) is 14.9 Å². The molecule has 1 unspecified atom stereocenters. The van der Waals surface area contributed by atoms with Crippen LogP contribution in [-0.4, -0.2) is 45.4 Å². The van der Waals surface area contributed by atoms with Crippen LogP contribution in [0, 0.1) is 26.7 Å². The van der Waals surface area contributed by atoms with Gasteiger partial charge in [0.2, 0.25) is 15.9 Å². The lowest BCUT2D eigenvalue weighted by Gasteiger charge is -2.32. The Morgan fingerprint density at radius 3 is 2.50 bits per heavy atom. The average molecular weight is 430 g/mol. The van der Waals surface area contributed by atoms with Crippen LogP contribution in [0.3, 0.4) is 0 Å². The zero-order valence-corrected chi connectivity index (χ0v) is 18.8. The molecule has 1 amide bonds. The quantitative estimate of drug-likeness (QED) is 0.708. The molecule has 1 saturated heterocycles. The van der Waals surface area contributed by atoms with Crippen LogP contribution in [0.2, 0.25) is 0 Å². The maximum absolute atomic E-state index is 12.5. The van der Waals surface area contributed by atoms with Crippen molar-refractivity contribution in [3.05, 3.63) is 59.2 Å². The fraction of sp³-hybridized carbons (Fsp3) is 0.435. The van der Waals surface area contributed by atoms with Crippen LogP contribution in [0.1, 0.15) is 29.5 Å². The van der Waals surface area contributed by atoms with Gasteiger partial charge in [0.1, 0.15) is 0 Å². The molecule has 2 aromatic carbocycles. The number of amides is 1. The number of hydrogen-bond acceptors (Lipinski definition) is 4. The zero-order chi connectivity index (χ0) is 21.7. The minimum atomic E-state index is -3.51. The highest BCUT2D eigenvalue weighted by molar-refractivity contribution is 7.89. The lowest BCUT2D eigenvalue weighted by atomic mass is 9.98. The number of carbonyl (C=O) groups is 1.